The number of likely N-dealkylation sites (tertiary alicyclic amines) is 1. The van der Waals surface area contributed by atoms with Gasteiger partial charge in [0.25, 0.3) is 0 Å². The number of aromatic nitrogens is 1. The Morgan fingerprint density at radius 1 is 0.500 bits per heavy atom. The van der Waals surface area contributed by atoms with Crippen molar-refractivity contribution in [1.82, 2.24) is 19.7 Å². The molecule has 2 fully saturated rings. The molecule has 3 aliphatic rings. The van der Waals surface area contributed by atoms with Gasteiger partial charge in [0.05, 0.1) is 11.7 Å². The zero-order valence-corrected chi connectivity index (χ0v) is 39.3. The molecule has 0 bridgehead atoms. The van der Waals surface area contributed by atoms with Gasteiger partial charge < -0.3 is 9.80 Å². The second-order valence-electron chi connectivity index (χ2n) is 11.6. The van der Waals surface area contributed by atoms with Gasteiger partial charge in [-0.2, -0.15) is 0 Å². The Morgan fingerprint density at radius 3 is 1.48 bits per heavy atom. The Morgan fingerprint density at radius 2 is 0.942 bits per heavy atom. The third-order valence-corrected chi connectivity index (χ3v) is 8.89. The summed E-state index contributed by atoms with van der Waals surface area (Å²) >= 11 is 0. The van der Waals surface area contributed by atoms with Crippen LogP contribution in [0.2, 0.25) is 0 Å². The maximum Gasteiger partial charge on any atom is 0.0739 e. The van der Waals surface area contributed by atoms with Crippen molar-refractivity contribution in [2.45, 2.75) is 87.1 Å². The van der Waals surface area contributed by atoms with Gasteiger partial charge in [0.2, 0.25) is 0 Å². The quantitative estimate of drug-likeness (QED) is 0.191. The van der Waals surface area contributed by atoms with Crippen molar-refractivity contribution in [3.05, 3.63) is 156 Å². The monoisotopic (exact) mass is 1040 g/mol. The normalized spacial score (nSPS) is 15.1. The van der Waals surface area contributed by atoms with Crippen LogP contribution in [0.1, 0.15) is 108 Å². The molecule has 3 aromatic carbocycles. The number of rotatable bonds is 3. The van der Waals surface area contributed by atoms with Crippen LogP contribution in [-0.2, 0) is 55.0 Å². The van der Waals surface area contributed by atoms with Crippen molar-refractivity contribution in [3.63, 3.8) is 0 Å². The van der Waals surface area contributed by atoms with E-state index < -0.39 is 0 Å². The van der Waals surface area contributed by atoms with E-state index in [0.717, 1.165) is 65.0 Å². The predicted octanol–water partition coefficient (Wildman–Crippen LogP) is 11.2. The number of hydrogen-bond acceptors (Lipinski definition) is 4. The fourth-order valence-corrected chi connectivity index (χ4v) is 6.58. The molecule has 0 N–H and O–H groups in total. The molecule has 0 radical (unpaired) electrons. The summed E-state index contributed by atoms with van der Waals surface area (Å²) in [4.78, 5) is 11.7. The maximum absolute atomic E-state index is 4.77. The number of piperidine rings is 1. The van der Waals surface area contributed by atoms with Crippen LogP contribution in [0.15, 0.2) is 109 Å². The number of benzene rings is 3. The first-order valence-electron chi connectivity index (χ1n) is 19.4. The van der Waals surface area contributed by atoms with Gasteiger partial charge in [-0.1, -0.05) is 152 Å². The van der Waals surface area contributed by atoms with Gasteiger partial charge in [-0.3, -0.25) is 24.0 Å². The van der Waals surface area contributed by atoms with Crippen LogP contribution in [-0.4, -0.2) is 59.0 Å². The molecule has 0 unspecified atom stereocenters. The van der Waals surface area contributed by atoms with E-state index in [1.807, 2.05) is 61.6 Å². The van der Waals surface area contributed by atoms with Crippen LogP contribution >= 0.6 is 0 Å². The van der Waals surface area contributed by atoms with E-state index in [1.54, 1.807) is 5.57 Å². The first kappa shape index (κ1) is 49.8. The minimum absolute atomic E-state index is 0. The van der Waals surface area contributed by atoms with Gasteiger partial charge in [-0.25, -0.2) is 0 Å². The summed E-state index contributed by atoms with van der Waals surface area (Å²) < 4.78 is 0. The summed E-state index contributed by atoms with van der Waals surface area (Å²) in [6, 6.07) is 35.1. The molecule has 6 heteroatoms. The van der Waals surface area contributed by atoms with E-state index in [0.29, 0.717) is 6.04 Å². The maximum atomic E-state index is 4.77. The van der Waals surface area contributed by atoms with Crippen molar-refractivity contribution in [3.8, 4) is 0 Å². The fraction of sp³-hybridized carbons (Fsp3) is 0.413. The first-order valence-corrected chi connectivity index (χ1v) is 19.4. The number of piperazine rings is 1. The minimum Gasteiger partial charge on any atom is -0.459 e. The number of pyridine rings is 1. The average Bonchev–Trinajstić information content (AvgIpc) is 3.37. The average molecular weight is 1040 g/mol. The molecule has 1 aliphatic carbocycles. The molecule has 0 atom stereocenters. The van der Waals surface area contributed by atoms with E-state index in [4.69, 9.17) is 4.98 Å². The Hall–Kier alpha value is -2.19. The SMILES string of the molecule is CC.CC.CC.CC.[CH2-]N1CCC(=C2c3ccccc3CCc3cccnc32)CC1.[CH2-]N1CCN(C(c2ccccc2)c2ccccc2)CC1.[W].[W]. The third kappa shape index (κ3) is 14.6. The number of fused-ring (bicyclic) bond motifs is 2. The van der Waals surface area contributed by atoms with E-state index in [2.05, 4.69) is 126 Å². The van der Waals surface area contributed by atoms with E-state index in [-0.39, 0.29) is 42.1 Å². The molecule has 0 amide bonds. The molecule has 7 rings (SSSR count). The second-order valence-corrected chi connectivity index (χ2v) is 11.6. The summed E-state index contributed by atoms with van der Waals surface area (Å²) in [5.74, 6) is 0. The molecule has 2 saturated heterocycles. The first-order chi connectivity index (χ1) is 24.7. The largest absolute Gasteiger partial charge is 0.459 e. The minimum atomic E-state index is 0. The Balaban J connectivity index is 0.000000816. The van der Waals surface area contributed by atoms with Gasteiger partial charge in [-0.05, 0) is 85.7 Å². The zero-order valence-electron chi connectivity index (χ0n) is 33.5. The van der Waals surface area contributed by atoms with Crippen LogP contribution < -0.4 is 0 Å². The Bertz CT molecular complexity index is 1390. The number of nitrogens with zero attached hydrogens (tertiary/aromatic N) is 4. The predicted molar refractivity (Wildman–Crippen MR) is 219 cm³/mol. The molecule has 52 heavy (non-hydrogen) atoms. The van der Waals surface area contributed by atoms with Crippen molar-refractivity contribution in [2.75, 3.05) is 39.3 Å². The smallest absolute Gasteiger partial charge is 0.0739 e. The fourth-order valence-electron chi connectivity index (χ4n) is 6.58. The van der Waals surface area contributed by atoms with Crippen LogP contribution in [0.25, 0.3) is 5.57 Å². The zero-order chi connectivity index (χ0) is 36.7. The summed E-state index contributed by atoms with van der Waals surface area (Å²) in [6.45, 7) is 22.3. The van der Waals surface area contributed by atoms with Crippen molar-refractivity contribution >= 4 is 5.57 Å². The molecule has 4 aromatic rings. The summed E-state index contributed by atoms with van der Waals surface area (Å²) in [5.41, 5.74) is 11.1. The summed E-state index contributed by atoms with van der Waals surface area (Å²) in [7, 11) is 8.12. The van der Waals surface area contributed by atoms with Crippen molar-refractivity contribution in [1.29, 1.82) is 0 Å². The molecule has 0 spiro atoms. The molecule has 284 valence electrons. The van der Waals surface area contributed by atoms with Crippen LogP contribution in [0.5, 0.6) is 0 Å². The summed E-state index contributed by atoms with van der Waals surface area (Å²) in [5, 5.41) is 0. The molecule has 4 nitrogen and oxygen atoms in total. The standard InChI is InChI=1S/C20H21N2.C18H21N2.4C2H6.2W/c1-22-13-10-16(11-14-22)19-18-7-3-2-5-15(18)8-9-17-6-4-12-21-20(17)19;1-19-12-14-20(15-13-19)18(16-8-4-2-5-9-16)17-10-6-3-7-11-17;4*1-2;;/h2-7,12H,1,8-11,13-14H2;2-11,18H,1,12-15H2;4*1-2H3;;/q2*-1;;;;;;. The van der Waals surface area contributed by atoms with Gasteiger partial charge in [0, 0.05) is 67.0 Å². The topological polar surface area (TPSA) is 22.6 Å². The van der Waals surface area contributed by atoms with E-state index >= 15 is 0 Å². The molecule has 1 aromatic heterocycles. The van der Waals surface area contributed by atoms with Gasteiger partial charge in [0.1, 0.15) is 0 Å². The van der Waals surface area contributed by atoms with E-state index in [1.165, 1.54) is 39.1 Å². The Kier molecular flexibility index (Phi) is 28.0. The van der Waals surface area contributed by atoms with Crippen LogP contribution in [0.3, 0.4) is 0 Å². The van der Waals surface area contributed by atoms with Crippen molar-refractivity contribution in [2.24, 2.45) is 0 Å². The third-order valence-electron chi connectivity index (χ3n) is 8.89. The summed E-state index contributed by atoms with van der Waals surface area (Å²) in [6.07, 6.45) is 6.32. The molecule has 2 aliphatic heterocycles. The van der Waals surface area contributed by atoms with Crippen LogP contribution in [0.4, 0.5) is 0 Å². The van der Waals surface area contributed by atoms with E-state index in [9.17, 15) is 0 Å². The van der Waals surface area contributed by atoms with Gasteiger partial charge in [-0.15, -0.1) is 0 Å². The Labute approximate surface area is 348 Å². The molecular formula is C46H66N4W2-2. The molecule has 0 saturated carbocycles. The second kappa shape index (κ2) is 29.2. The van der Waals surface area contributed by atoms with Crippen LogP contribution in [0, 0.1) is 14.1 Å². The molecule has 3 heterocycles. The number of hydrogen-bond donors (Lipinski definition) is 0. The molecular weight excluding hydrogens is 976 g/mol. The van der Waals surface area contributed by atoms with Gasteiger partial charge >= 0.3 is 0 Å². The van der Waals surface area contributed by atoms with Crippen molar-refractivity contribution < 1.29 is 42.1 Å². The number of aryl methyl sites for hydroxylation is 2. The van der Waals surface area contributed by atoms with Gasteiger partial charge in [0.15, 0.2) is 0 Å².